The van der Waals surface area contributed by atoms with E-state index in [1.165, 1.54) is 0 Å². The third-order valence-electron chi connectivity index (χ3n) is 2.89. The molecule has 5 heteroatoms. The normalized spacial score (nSPS) is 12.5. The van der Waals surface area contributed by atoms with Crippen molar-refractivity contribution in [3.63, 3.8) is 0 Å². The number of carbonyl (C=O) groups excluding carboxylic acids is 1. The molecule has 19 heavy (non-hydrogen) atoms. The van der Waals surface area contributed by atoms with Crippen LogP contribution in [0.1, 0.15) is 31.1 Å². The third-order valence-corrected chi connectivity index (χ3v) is 3.21. The lowest BCUT2D eigenvalue weighted by atomic mass is 10.0. The molecular formula is C14H21ClN2O2. The summed E-state index contributed by atoms with van der Waals surface area (Å²) >= 11 is 5.91. The van der Waals surface area contributed by atoms with Gasteiger partial charge >= 0.3 is 0 Å². The monoisotopic (exact) mass is 284 g/mol. The van der Waals surface area contributed by atoms with Gasteiger partial charge in [-0.2, -0.15) is 0 Å². The second kappa shape index (κ2) is 7.36. The van der Waals surface area contributed by atoms with Crippen LogP contribution in [-0.2, 0) is 4.74 Å². The Morgan fingerprint density at radius 1 is 1.47 bits per heavy atom. The van der Waals surface area contributed by atoms with Gasteiger partial charge in [-0.25, -0.2) is 0 Å². The van der Waals surface area contributed by atoms with Crippen LogP contribution in [0.4, 0.5) is 5.69 Å². The van der Waals surface area contributed by atoms with Gasteiger partial charge in [0.05, 0.1) is 23.4 Å². The van der Waals surface area contributed by atoms with Crippen molar-refractivity contribution in [3.8, 4) is 0 Å². The first-order chi connectivity index (χ1) is 8.95. The van der Waals surface area contributed by atoms with Crippen molar-refractivity contribution in [2.24, 2.45) is 5.92 Å². The van der Waals surface area contributed by atoms with Crippen LogP contribution in [0.25, 0.3) is 0 Å². The highest BCUT2D eigenvalue weighted by atomic mass is 35.5. The van der Waals surface area contributed by atoms with Crippen LogP contribution in [0.2, 0.25) is 5.02 Å². The molecule has 3 N–H and O–H groups in total. The number of hydrogen-bond acceptors (Lipinski definition) is 3. The van der Waals surface area contributed by atoms with Crippen molar-refractivity contribution >= 4 is 23.2 Å². The van der Waals surface area contributed by atoms with E-state index in [1.807, 2.05) is 20.8 Å². The van der Waals surface area contributed by atoms with E-state index in [1.54, 1.807) is 18.2 Å². The van der Waals surface area contributed by atoms with Crippen molar-refractivity contribution in [1.29, 1.82) is 0 Å². The summed E-state index contributed by atoms with van der Waals surface area (Å²) in [5.74, 6) is 0.125. The first-order valence-corrected chi connectivity index (χ1v) is 6.77. The molecule has 0 spiro atoms. The third kappa shape index (κ3) is 4.73. The summed E-state index contributed by atoms with van der Waals surface area (Å²) in [6.07, 6.45) is 0. The highest BCUT2D eigenvalue weighted by Crippen LogP contribution is 2.19. The molecule has 0 aliphatic heterocycles. The Morgan fingerprint density at radius 3 is 2.68 bits per heavy atom. The van der Waals surface area contributed by atoms with Gasteiger partial charge in [-0.15, -0.1) is 0 Å². The lowest BCUT2D eigenvalue weighted by Crippen LogP contribution is -2.41. The van der Waals surface area contributed by atoms with Gasteiger partial charge in [0, 0.05) is 12.2 Å². The van der Waals surface area contributed by atoms with E-state index in [4.69, 9.17) is 22.1 Å². The number of amides is 1. The molecule has 0 radical (unpaired) electrons. The zero-order chi connectivity index (χ0) is 14.4. The Labute approximate surface area is 119 Å². The summed E-state index contributed by atoms with van der Waals surface area (Å²) in [5, 5.41) is 3.34. The predicted octanol–water partition coefficient (Wildman–Crippen LogP) is 2.71. The summed E-state index contributed by atoms with van der Waals surface area (Å²) < 4.78 is 5.38. The Bertz CT molecular complexity index is 435. The van der Waals surface area contributed by atoms with E-state index >= 15 is 0 Å². The molecule has 0 saturated heterocycles. The SMILES string of the molecule is CCOCC(NC(=O)c1ccc(N)c(Cl)c1)C(C)C. The largest absolute Gasteiger partial charge is 0.398 e. The maximum absolute atomic E-state index is 12.1. The molecule has 0 aromatic heterocycles. The summed E-state index contributed by atoms with van der Waals surface area (Å²) in [5.41, 5.74) is 6.59. The van der Waals surface area contributed by atoms with Gasteiger partial charge in [0.15, 0.2) is 0 Å². The van der Waals surface area contributed by atoms with Crippen molar-refractivity contribution in [1.82, 2.24) is 5.32 Å². The lowest BCUT2D eigenvalue weighted by molar-refractivity contribution is 0.0806. The first-order valence-electron chi connectivity index (χ1n) is 6.39. The minimum atomic E-state index is -0.166. The van der Waals surface area contributed by atoms with Gasteiger partial charge in [0.1, 0.15) is 0 Å². The molecule has 4 nitrogen and oxygen atoms in total. The van der Waals surface area contributed by atoms with E-state index in [0.717, 1.165) is 0 Å². The van der Waals surface area contributed by atoms with E-state index in [-0.39, 0.29) is 11.9 Å². The minimum Gasteiger partial charge on any atom is -0.398 e. The number of carbonyl (C=O) groups is 1. The molecule has 1 unspecified atom stereocenters. The highest BCUT2D eigenvalue weighted by Gasteiger charge is 2.17. The fraction of sp³-hybridized carbons (Fsp3) is 0.500. The molecule has 1 atom stereocenters. The molecule has 106 valence electrons. The van der Waals surface area contributed by atoms with Crippen LogP contribution >= 0.6 is 11.6 Å². The molecule has 1 aromatic rings. The number of nitrogen functional groups attached to an aromatic ring is 1. The number of halogens is 1. The smallest absolute Gasteiger partial charge is 0.251 e. The maximum Gasteiger partial charge on any atom is 0.251 e. The van der Waals surface area contributed by atoms with Gasteiger partial charge in [0.25, 0.3) is 5.91 Å². The fourth-order valence-corrected chi connectivity index (χ4v) is 1.75. The van der Waals surface area contributed by atoms with Gasteiger partial charge in [-0.3, -0.25) is 4.79 Å². The Balaban J connectivity index is 2.73. The molecule has 0 aliphatic carbocycles. The topological polar surface area (TPSA) is 64.3 Å². The molecule has 0 saturated carbocycles. The first kappa shape index (κ1) is 15.8. The highest BCUT2D eigenvalue weighted by molar-refractivity contribution is 6.33. The fourth-order valence-electron chi connectivity index (χ4n) is 1.57. The van der Waals surface area contributed by atoms with Crippen LogP contribution in [0.15, 0.2) is 18.2 Å². The quantitative estimate of drug-likeness (QED) is 0.790. The molecule has 0 fully saturated rings. The number of nitrogens with one attached hydrogen (secondary N) is 1. The number of anilines is 1. The molecule has 1 rings (SSSR count). The summed E-state index contributed by atoms with van der Waals surface area (Å²) in [6.45, 7) is 7.15. The van der Waals surface area contributed by atoms with Gasteiger partial charge in [-0.05, 0) is 31.0 Å². The summed E-state index contributed by atoms with van der Waals surface area (Å²) in [7, 11) is 0. The van der Waals surface area contributed by atoms with Crippen LogP contribution in [0.5, 0.6) is 0 Å². The number of benzene rings is 1. The number of nitrogens with two attached hydrogens (primary N) is 1. The van der Waals surface area contributed by atoms with Crippen LogP contribution in [0.3, 0.4) is 0 Å². The molecule has 0 bridgehead atoms. The second-order valence-electron chi connectivity index (χ2n) is 4.72. The van der Waals surface area contributed by atoms with Gasteiger partial charge in [0.2, 0.25) is 0 Å². The predicted molar refractivity (Wildman–Crippen MR) is 78.4 cm³/mol. The summed E-state index contributed by atoms with van der Waals surface area (Å²) in [6, 6.07) is 4.84. The lowest BCUT2D eigenvalue weighted by Gasteiger charge is -2.22. The van der Waals surface area contributed by atoms with E-state index in [0.29, 0.717) is 35.4 Å². The average molecular weight is 285 g/mol. The van der Waals surface area contributed by atoms with E-state index in [9.17, 15) is 4.79 Å². The van der Waals surface area contributed by atoms with Crippen LogP contribution in [0, 0.1) is 5.92 Å². The average Bonchev–Trinajstić information content (AvgIpc) is 2.37. The Kier molecular flexibility index (Phi) is 6.12. The molecule has 1 aromatic carbocycles. The molecule has 0 heterocycles. The Morgan fingerprint density at radius 2 is 2.16 bits per heavy atom. The minimum absolute atomic E-state index is 0.0243. The number of hydrogen-bond donors (Lipinski definition) is 2. The molecule has 1 amide bonds. The summed E-state index contributed by atoms with van der Waals surface area (Å²) in [4.78, 5) is 12.1. The van der Waals surface area contributed by atoms with Gasteiger partial charge in [-0.1, -0.05) is 25.4 Å². The molecular weight excluding hydrogens is 264 g/mol. The van der Waals surface area contributed by atoms with E-state index < -0.39 is 0 Å². The van der Waals surface area contributed by atoms with Gasteiger partial charge < -0.3 is 15.8 Å². The van der Waals surface area contributed by atoms with Crippen molar-refractivity contribution in [2.45, 2.75) is 26.8 Å². The van der Waals surface area contributed by atoms with E-state index in [2.05, 4.69) is 5.32 Å². The molecule has 0 aliphatic rings. The van der Waals surface area contributed by atoms with Crippen molar-refractivity contribution < 1.29 is 9.53 Å². The van der Waals surface area contributed by atoms with Crippen molar-refractivity contribution in [2.75, 3.05) is 18.9 Å². The zero-order valence-corrected chi connectivity index (χ0v) is 12.3. The maximum atomic E-state index is 12.1. The second-order valence-corrected chi connectivity index (χ2v) is 5.13. The van der Waals surface area contributed by atoms with Crippen LogP contribution in [-0.4, -0.2) is 25.2 Å². The standard InChI is InChI=1S/C14H21ClN2O2/c1-4-19-8-13(9(2)3)17-14(18)10-5-6-12(16)11(15)7-10/h5-7,9,13H,4,8,16H2,1-3H3,(H,17,18). The van der Waals surface area contributed by atoms with Crippen molar-refractivity contribution in [3.05, 3.63) is 28.8 Å². The zero-order valence-electron chi connectivity index (χ0n) is 11.6. The Hall–Kier alpha value is -1.26. The van der Waals surface area contributed by atoms with Crippen LogP contribution < -0.4 is 11.1 Å². The number of rotatable bonds is 6. The number of ether oxygens (including phenoxy) is 1.